The Bertz CT molecular complexity index is 1160. The summed E-state index contributed by atoms with van der Waals surface area (Å²) in [7, 11) is 1.35. The monoisotopic (exact) mass is 530 g/mol. The minimum absolute atomic E-state index is 0.0502. The van der Waals surface area contributed by atoms with Gasteiger partial charge in [0, 0.05) is 22.8 Å². The fraction of sp³-hybridized carbons (Fsp3) is 0.667. The molecule has 2 amide bonds. The molecule has 0 aromatic carbocycles. The molecule has 38 heavy (non-hydrogen) atoms. The van der Waals surface area contributed by atoms with Crippen molar-refractivity contribution in [2.75, 3.05) is 12.8 Å². The van der Waals surface area contributed by atoms with Gasteiger partial charge in [0.05, 0.1) is 13.2 Å². The van der Waals surface area contributed by atoms with E-state index in [1.807, 2.05) is 27.7 Å². The Morgan fingerprint density at radius 1 is 1.24 bits per heavy atom. The fourth-order valence-electron chi connectivity index (χ4n) is 7.46. The molecule has 4 rings (SSSR count). The van der Waals surface area contributed by atoms with Crippen LogP contribution in [-0.2, 0) is 9.53 Å². The van der Waals surface area contributed by atoms with Crippen LogP contribution in [0.3, 0.4) is 0 Å². The number of nitrogens with two attached hydrogens (primary N) is 1. The van der Waals surface area contributed by atoms with Crippen LogP contribution in [0.5, 0.6) is 5.88 Å². The Hall–Kier alpha value is -3.05. The summed E-state index contributed by atoms with van der Waals surface area (Å²) < 4.78 is 11.0. The molecule has 9 atom stereocenters. The van der Waals surface area contributed by atoms with Crippen LogP contribution < -0.4 is 15.8 Å². The standard InChI is InChI=1S/C27H38N4O7/c1-7-25(4)12-17(38-24(36)31-22(35)15-10-18(37-6)30-23(28)29-15)26(5)13(2)8-9-27(14(3)21(25)34)11-16(32)19(33)20(26)27/h7,10,13-14,16-17,20-21,32,34H,1,8-9,11-12H2,2-6H3,(H2,28,29,30)(H,31,35,36)/t13?,14-,16-,17+,20?,21-,25+,26-,27-/m0/s1. The number of aromatic nitrogens is 2. The van der Waals surface area contributed by atoms with E-state index in [9.17, 15) is 24.6 Å². The first-order valence-corrected chi connectivity index (χ1v) is 13.0. The molecule has 0 aliphatic heterocycles. The lowest BCUT2D eigenvalue weighted by Gasteiger charge is -2.61. The molecule has 3 fully saturated rings. The summed E-state index contributed by atoms with van der Waals surface area (Å²) in [5.74, 6) is -2.29. The number of aliphatic hydroxyl groups excluding tert-OH is 2. The molecule has 3 saturated carbocycles. The molecule has 0 spiro atoms. The molecule has 1 heterocycles. The topological polar surface area (TPSA) is 174 Å². The van der Waals surface area contributed by atoms with Crippen molar-refractivity contribution < 1.29 is 34.1 Å². The molecular formula is C27H38N4O7. The average molecular weight is 531 g/mol. The highest BCUT2D eigenvalue weighted by molar-refractivity contribution is 6.02. The Morgan fingerprint density at radius 2 is 1.92 bits per heavy atom. The molecule has 2 bridgehead atoms. The normalized spacial score (nSPS) is 40.3. The van der Waals surface area contributed by atoms with Crippen molar-refractivity contribution >= 4 is 23.7 Å². The van der Waals surface area contributed by atoms with Gasteiger partial charge in [-0.15, -0.1) is 6.58 Å². The quantitative estimate of drug-likeness (QED) is 0.423. The van der Waals surface area contributed by atoms with Crippen molar-refractivity contribution in [1.29, 1.82) is 0 Å². The zero-order valence-electron chi connectivity index (χ0n) is 22.6. The predicted molar refractivity (Wildman–Crippen MR) is 137 cm³/mol. The van der Waals surface area contributed by atoms with Gasteiger partial charge in [-0.25, -0.2) is 9.78 Å². The maximum atomic E-state index is 13.5. The number of alkyl carbamates (subject to hydrolysis) is 1. The molecule has 5 N–H and O–H groups in total. The van der Waals surface area contributed by atoms with Crippen LogP contribution in [0.1, 0.15) is 63.9 Å². The highest BCUT2D eigenvalue weighted by atomic mass is 16.6. The summed E-state index contributed by atoms with van der Waals surface area (Å²) in [4.78, 5) is 47.1. The summed E-state index contributed by atoms with van der Waals surface area (Å²) in [6.45, 7) is 11.7. The third-order valence-electron chi connectivity index (χ3n) is 9.96. The molecule has 1 aromatic rings. The van der Waals surface area contributed by atoms with Crippen LogP contribution >= 0.6 is 0 Å². The van der Waals surface area contributed by atoms with Gasteiger partial charge in [-0.3, -0.25) is 14.9 Å². The van der Waals surface area contributed by atoms with Gasteiger partial charge in [-0.1, -0.05) is 33.8 Å². The van der Waals surface area contributed by atoms with Crippen molar-refractivity contribution in [3.63, 3.8) is 0 Å². The number of ether oxygens (including phenoxy) is 2. The van der Waals surface area contributed by atoms with Gasteiger partial charge in [-0.05, 0) is 42.9 Å². The molecular weight excluding hydrogens is 492 g/mol. The third kappa shape index (κ3) is 4.16. The lowest BCUT2D eigenvalue weighted by molar-refractivity contribution is -0.191. The van der Waals surface area contributed by atoms with Gasteiger partial charge in [0.25, 0.3) is 5.91 Å². The Kier molecular flexibility index (Phi) is 7.07. The number of methoxy groups -OCH3 is 1. The molecule has 11 heteroatoms. The van der Waals surface area contributed by atoms with Gasteiger partial charge < -0.3 is 25.4 Å². The maximum Gasteiger partial charge on any atom is 0.414 e. The zero-order valence-corrected chi connectivity index (χ0v) is 22.6. The second kappa shape index (κ2) is 9.60. The van der Waals surface area contributed by atoms with Crippen LogP contribution in [0.25, 0.3) is 0 Å². The zero-order chi connectivity index (χ0) is 28.2. The molecule has 0 radical (unpaired) electrons. The number of amides is 2. The summed E-state index contributed by atoms with van der Waals surface area (Å²) in [6, 6.07) is 1.23. The van der Waals surface area contributed by atoms with E-state index in [0.717, 1.165) is 6.42 Å². The number of carbonyl (C=O) groups excluding carboxylic acids is 3. The van der Waals surface area contributed by atoms with E-state index in [1.54, 1.807) is 6.08 Å². The Labute approximate surface area is 222 Å². The van der Waals surface area contributed by atoms with Gasteiger partial charge in [0.15, 0.2) is 5.78 Å². The minimum Gasteiger partial charge on any atom is -0.481 e. The maximum absolute atomic E-state index is 13.5. The molecule has 3 aliphatic carbocycles. The van der Waals surface area contributed by atoms with Crippen LogP contribution in [0.4, 0.5) is 10.7 Å². The van der Waals surface area contributed by atoms with E-state index in [1.165, 1.54) is 13.2 Å². The number of hydrogen-bond donors (Lipinski definition) is 4. The number of imide groups is 1. The SMILES string of the molecule is C=C[C@]1(C)C[C@@H](OC(=O)NC(=O)c2cc(OC)nc(N)n2)[C@]2(C)C(C)CC[C@]3(C[C@H](O)C(=O)C32)[C@@H](C)[C@@H]1O. The predicted octanol–water partition coefficient (Wildman–Crippen LogP) is 2.27. The number of nitrogen functional groups attached to an aromatic ring is 1. The lowest BCUT2D eigenvalue weighted by atomic mass is 9.44. The Morgan fingerprint density at radius 3 is 2.55 bits per heavy atom. The number of rotatable bonds is 4. The first-order chi connectivity index (χ1) is 17.7. The van der Waals surface area contributed by atoms with E-state index in [-0.39, 0.29) is 48.0 Å². The van der Waals surface area contributed by atoms with E-state index >= 15 is 0 Å². The fourth-order valence-corrected chi connectivity index (χ4v) is 7.46. The van der Waals surface area contributed by atoms with Gasteiger partial charge in [-0.2, -0.15) is 4.98 Å². The first-order valence-electron chi connectivity index (χ1n) is 13.0. The Balaban J connectivity index is 1.72. The van der Waals surface area contributed by atoms with Crippen LogP contribution in [-0.4, -0.2) is 63.4 Å². The van der Waals surface area contributed by atoms with Crippen LogP contribution in [0.2, 0.25) is 0 Å². The van der Waals surface area contributed by atoms with Crippen molar-refractivity contribution in [2.45, 2.75) is 71.7 Å². The molecule has 3 aliphatic rings. The van der Waals surface area contributed by atoms with Crippen molar-refractivity contribution in [2.24, 2.45) is 34.0 Å². The van der Waals surface area contributed by atoms with Gasteiger partial charge in [0.1, 0.15) is 17.9 Å². The molecule has 1 aromatic heterocycles. The molecule has 208 valence electrons. The summed E-state index contributed by atoms with van der Waals surface area (Å²) in [5.41, 5.74) is 3.05. The number of Topliss-reactive ketones (excluding diaryl/α,β-unsaturated/α-hetero) is 1. The van der Waals surface area contributed by atoms with Crippen molar-refractivity contribution in [3.8, 4) is 5.88 Å². The first kappa shape index (κ1) is 28.0. The second-order valence-electron chi connectivity index (χ2n) is 11.7. The number of ketones is 1. The summed E-state index contributed by atoms with van der Waals surface area (Å²) in [6.07, 6.45) is -0.468. The average Bonchev–Trinajstić information content (AvgIpc) is 3.15. The van der Waals surface area contributed by atoms with Crippen molar-refractivity contribution in [3.05, 3.63) is 24.4 Å². The van der Waals surface area contributed by atoms with E-state index in [4.69, 9.17) is 15.2 Å². The van der Waals surface area contributed by atoms with Crippen molar-refractivity contribution in [1.82, 2.24) is 15.3 Å². The number of anilines is 1. The third-order valence-corrected chi connectivity index (χ3v) is 9.96. The largest absolute Gasteiger partial charge is 0.481 e. The van der Waals surface area contributed by atoms with E-state index in [0.29, 0.717) is 6.42 Å². The minimum atomic E-state index is -1.15. The number of nitrogens with zero attached hydrogens (tertiary/aromatic N) is 2. The van der Waals surface area contributed by atoms with Gasteiger partial charge in [0.2, 0.25) is 11.8 Å². The van der Waals surface area contributed by atoms with Crippen LogP contribution in [0.15, 0.2) is 18.7 Å². The second-order valence-corrected chi connectivity index (χ2v) is 11.7. The summed E-state index contributed by atoms with van der Waals surface area (Å²) >= 11 is 0. The molecule has 2 unspecified atom stereocenters. The van der Waals surface area contributed by atoms with E-state index in [2.05, 4.69) is 21.9 Å². The highest BCUT2D eigenvalue weighted by Gasteiger charge is 2.70. The number of nitrogens with one attached hydrogen (secondary N) is 1. The summed E-state index contributed by atoms with van der Waals surface area (Å²) in [5, 5.41) is 24.5. The van der Waals surface area contributed by atoms with Crippen LogP contribution in [0, 0.1) is 34.0 Å². The van der Waals surface area contributed by atoms with Gasteiger partial charge >= 0.3 is 6.09 Å². The number of carbonyl (C=O) groups is 3. The number of hydrogen-bond acceptors (Lipinski definition) is 10. The smallest absolute Gasteiger partial charge is 0.414 e. The number of aliphatic hydroxyl groups is 2. The highest BCUT2D eigenvalue weighted by Crippen LogP contribution is 2.68. The van der Waals surface area contributed by atoms with E-state index < -0.39 is 52.5 Å². The molecule has 0 saturated heterocycles. The molecule has 11 nitrogen and oxygen atoms in total. The lowest BCUT2D eigenvalue weighted by Crippen LogP contribution is -2.63.